The van der Waals surface area contributed by atoms with Crippen LogP contribution in [0.3, 0.4) is 0 Å². The molecular weight excluding hydrogens is 308 g/mol. The van der Waals surface area contributed by atoms with Crippen molar-refractivity contribution < 1.29 is 14.5 Å². The standard InChI is InChI=1S/C18H20N2O4/c1-12(2)14-4-6-15(7-5-14)19-18(21)11-24-16-8-9-17(20(22)23)13(3)10-16/h4-10,12H,11H2,1-3H3,(H,19,21). The molecule has 0 bridgehead atoms. The molecule has 0 fully saturated rings. The van der Waals surface area contributed by atoms with Gasteiger partial charge in [-0.2, -0.15) is 0 Å². The van der Waals surface area contributed by atoms with Crippen molar-refractivity contribution in [3.8, 4) is 5.75 Å². The molecule has 0 aromatic heterocycles. The summed E-state index contributed by atoms with van der Waals surface area (Å²) in [5, 5.41) is 13.5. The highest BCUT2D eigenvalue weighted by Gasteiger charge is 2.11. The number of ether oxygens (including phenoxy) is 1. The summed E-state index contributed by atoms with van der Waals surface area (Å²) in [6.07, 6.45) is 0. The zero-order chi connectivity index (χ0) is 17.7. The van der Waals surface area contributed by atoms with E-state index in [4.69, 9.17) is 4.74 Å². The van der Waals surface area contributed by atoms with Crippen LogP contribution >= 0.6 is 0 Å². The molecular formula is C18H20N2O4. The predicted molar refractivity (Wildman–Crippen MR) is 92.5 cm³/mol. The fraction of sp³-hybridized carbons (Fsp3) is 0.278. The van der Waals surface area contributed by atoms with Gasteiger partial charge in [0.15, 0.2) is 6.61 Å². The fourth-order valence-corrected chi connectivity index (χ4v) is 2.22. The molecule has 2 aromatic rings. The summed E-state index contributed by atoms with van der Waals surface area (Å²) in [6.45, 7) is 5.67. The van der Waals surface area contributed by atoms with Crippen molar-refractivity contribution in [2.24, 2.45) is 0 Å². The van der Waals surface area contributed by atoms with Gasteiger partial charge in [0.25, 0.3) is 11.6 Å². The molecule has 6 heteroatoms. The van der Waals surface area contributed by atoms with E-state index >= 15 is 0 Å². The molecule has 0 atom stereocenters. The number of hydrogen-bond donors (Lipinski definition) is 1. The molecule has 2 rings (SSSR count). The molecule has 1 amide bonds. The van der Waals surface area contributed by atoms with Crippen molar-refractivity contribution in [2.75, 3.05) is 11.9 Å². The Bertz CT molecular complexity index is 739. The van der Waals surface area contributed by atoms with Crippen LogP contribution in [-0.2, 0) is 4.79 Å². The summed E-state index contributed by atoms with van der Waals surface area (Å²) in [4.78, 5) is 22.2. The van der Waals surface area contributed by atoms with Crippen LogP contribution in [0.4, 0.5) is 11.4 Å². The molecule has 0 spiro atoms. The minimum absolute atomic E-state index is 0.0250. The Morgan fingerprint density at radius 1 is 1.21 bits per heavy atom. The molecule has 0 aliphatic carbocycles. The first-order valence-electron chi connectivity index (χ1n) is 7.64. The van der Waals surface area contributed by atoms with Crippen LogP contribution < -0.4 is 10.1 Å². The minimum Gasteiger partial charge on any atom is -0.484 e. The van der Waals surface area contributed by atoms with Gasteiger partial charge in [-0.25, -0.2) is 0 Å². The molecule has 0 unspecified atom stereocenters. The molecule has 2 aromatic carbocycles. The number of aryl methyl sites for hydroxylation is 1. The van der Waals surface area contributed by atoms with Crippen LogP contribution in [0, 0.1) is 17.0 Å². The van der Waals surface area contributed by atoms with Gasteiger partial charge in [0.2, 0.25) is 0 Å². The maximum atomic E-state index is 11.9. The van der Waals surface area contributed by atoms with E-state index in [1.165, 1.54) is 17.7 Å². The van der Waals surface area contributed by atoms with Gasteiger partial charge in [-0.05, 0) is 42.7 Å². The summed E-state index contributed by atoms with van der Waals surface area (Å²) in [6, 6.07) is 12.0. The highest BCUT2D eigenvalue weighted by atomic mass is 16.6. The van der Waals surface area contributed by atoms with Gasteiger partial charge in [-0.1, -0.05) is 26.0 Å². The van der Waals surface area contributed by atoms with Gasteiger partial charge in [0, 0.05) is 17.3 Å². The Hall–Kier alpha value is -2.89. The summed E-state index contributed by atoms with van der Waals surface area (Å²) in [7, 11) is 0. The number of nitro benzene ring substituents is 1. The average Bonchev–Trinajstić information content (AvgIpc) is 2.53. The average molecular weight is 328 g/mol. The minimum atomic E-state index is -0.452. The van der Waals surface area contributed by atoms with Crippen molar-refractivity contribution in [1.29, 1.82) is 0 Å². The first-order chi connectivity index (χ1) is 11.4. The first kappa shape index (κ1) is 17.5. The number of carbonyl (C=O) groups is 1. The quantitative estimate of drug-likeness (QED) is 0.641. The number of hydrogen-bond acceptors (Lipinski definition) is 4. The largest absolute Gasteiger partial charge is 0.484 e. The topological polar surface area (TPSA) is 81.5 Å². The van der Waals surface area contributed by atoms with E-state index in [-0.39, 0.29) is 18.2 Å². The molecule has 126 valence electrons. The van der Waals surface area contributed by atoms with E-state index in [1.54, 1.807) is 13.0 Å². The van der Waals surface area contributed by atoms with Crippen LogP contribution in [-0.4, -0.2) is 17.4 Å². The number of benzene rings is 2. The number of nitrogens with zero attached hydrogens (tertiary/aromatic N) is 1. The lowest BCUT2D eigenvalue weighted by Crippen LogP contribution is -2.20. The van der Waals surface area contributed by atoms with Crippen molar-refractivity contribution in [3.63, 3.8) is 0 Å². The monoisotopic (exact) mass is 328 g/mol. The van der Waals surface area contributed by atoms with E-state index in [9.17, 15) is 14.9 Å². The zero-order valence-electron chi connectivity index (χ0n) is 13.9. The number of amides is 1. The van der Waals surface area contributed by atoms with Crippen LogP contribution in [0.25, 0.3) is 0 Å². The first-order valence-corrected chi connectivity index (χ1v) is 7.64. The summed E-state index contributed by atoms with van der Waals surface area (Å²) >= 11 is 0. The van der Waals surface area contributed by atoms with Gasteiger partial charge in [0.1, 0.15) is 5.75 Å². The second-order valence-corrected chi connectivity index (χ2v) is 5.82. The molecule has 6 nitrogen and oxygen atoms in total. The van der Waals surface area contributed by atoms with Crippen molar-refractivity contribution >= 4 is 17.3 Å². The molecule has 0 aliphatic heterocycles. The third-order valence-corrected chi connectivity index (χ3v) is 3.60. The summed E-state index contributed by atoms with van der Waals surface area (Å²) < 4.78 is 5.38. The van der Waals surface area contributed by atoms with Crippen LogP contribution in [0.15, 0.2) is 42.5 Å². The van der Waals surface area contributed by atoms with Gasteiger partial charge in [-0.3, -0.25) is 14.9 Å². The van der Waals surface area contributed by atoms with Crippen LogP contribution in [0.5, 0.6) is 5.75 Å². The summed E-state index contributed by atoms with van der Waals surface area (Å²) in [5.74, 6) is 0.565. The number of nitrogens with one attached hydrogen (secondary N) is 1. The van der Waals surface area contributed by atoms with E-state index < -0.39 is 4.92 Å². The molecule has 0 heterocycles. The highest BCUT2D eigenvalue weighted by Crippen LogP contribution is 2.23. The van der Waals surface area contributed by atoms with Gasteiger partial charge >= 0.3 is 0 Å². The van der Waals surface area contributed by atoms with E-state index in [0.717, 1.165) is 0 Å². The Labute approximate surface area is 140 Å². The smallest absolute Gasteiger partial charge is 0.272 e. The number of carbonyl (C=O) groups excluding carboxylic acids is 1. The Kier molecular flexibility index (Phi) is 5.52. The Balaban J connectivity index is 1.91. The molecule has 1 N–H and O–H groups in total. The molecule has 0 saturated heterocycles. The van der Waals surface area contributed by atoms with Gasteiger partial charge in [0.05, 0.1) is 4.92 Å². The number of rotatable bonds is 6. The second-order valence-electron chi connectivity index (χ2n) is 5.82. The number of nitro groups is 1. The van der Waals surface area contributed by atoms with Crippen molar-refractivity contribution in [3.05, 3.63) is 63.7 Å². The van der Waals surface area contributed by atoms with E-state index in [0.29, 0.717) is 22.9 Å². The second kappa shape index (κ2) is 7.59. The maximum absolute atomic E-state index is 11.9. The molecule has 0 aliphatic rings. The highest BCUT2D eigenvalue weighted by molar-refractivity contribution is 5.91. The lowest BCUT2D eigenvalue weighted by Gasteiger charge is -2.10. The SMILES string of the molecule is Cc1cc(OCC(=O)Nc2ccc(C(C)C)cc2)ccc1[N+](=O)[O-]. The third kappa shape index (κ3) is 4.55. The molecule has 24 heavy (non-hydrogen) atoms. The number of anilines is 1. The van der Waals surface area contributed by atoms with Gasteiger partial charge < -0.3 is 10.1 Å². The summed E-state index contributed by atoms with van der Waals surface area (Å²) in [5.41, 5.74) is 2.41. The predicted octanol–water partition coefficient (Wildman–Crippen LogP) is 4.04. The maximum Gasteiger partial charge on any atom is 0.272 e. The van der Waals surface area contributed by atoms with E-state index in [2.05, 4.69) is 19.2 Å². The zero-order valence-corrected chi connectivity index (χ0v) is 13.9. The van der Waals surface area contributed by atoms with Crippen LogP contribution in [0.2, 0.25) is 0 Å². The lowest BCUT2D eigenvalue weighted by molar-refractivity contribution is -0.385. The third-order valence-electron chi connectivity index (χ3n) is 3.60. The molecule has 0 saturated carbocycles. The van der Waals surface area contributed by atoms with E-state index in [1.807, 2.05) is 24.3 Å². The lowest BCUT2D eigenvalue weighted by atomic mass is 10.0. The van der Waals surface area contributed by atoms with Crippen molar-refractivity contribution in [1.82, 2.24) is 0 Å². The Morgan fingerprint density at radius 3 is 2.42 bits per heavy atom. The fourth-order valence-electron chi connectivity index (χ4n) is 2.22. The Morgan fingerprint density at radius 2 is 1.88 bits per heavy atom. The van der Waals surface area contributed by atoms with Gasteiger partial charge in [-0.15, -0.1) is 0 Å². The normalized spacial score (nSPS) is 10.5. The van der Waals surface area contributed by atoms with Crippen molar-refractivity contribution in [2.45, 2.75) is 26.7 Å². The van der Waals surface area contributed by atoms with Crippen LogP contribution in [0.1, 0.15) is 30.9 Å². The molecule has 0 radical (unpaired) electrons.